The molecule has 0 saturated heterocycles. The van der Waals surface area contributed by atoms with Gasteiger partial charge in [0.25, 0.3) is 0 Å². The molecule has 0 amide bonds. The average molecular weight is 282 g/mol. The largest absolute Gasteiger partial charge is 0.376 e. The summed E-state index contributed by atoms with van der Waals surface area (Å²) in [7, 11) is 0. The van der Waals surface area contributed by atoms with Crippen molar-refractivity contribution >= 4 is 0 Å². The van der Waals surface area contributed by atoms with Gasteiger partial charge in [-0.15, -0.1) is 0 Å². The lowest BCUT2D eigenvalue weighted by Gasteiger charge is -2.23. The number of rotatable bonds is 5. The highest BCUT2D eigenvalue weighted by atomic mass is 16.5. The van der Waals surface area contributed by atoms with Crippen molar-refractivity contribution in [3.05, 3.63) is 0 Å². The third-order valence-corrected chi connectivity index (χ3v) is 4.89. The number of hydrogen-bond acceptors (Lipinski definition) is 2. The average Bonchev–Trinajstić information content (AvgIpc) is 2.38. The van der Waals surface area contributed by atoms with E-state index >= 15 is 0 Å². The second kappa shape index (κ2) is 10.6. The molecule has 0 bridgehead atoms. The van der Waals surface area contributed by atoms with Crippen molar-refractivity contribution in [1.29, 1.82) is 0 Å². The zero-order valence-electron chi connectivity index (χ0n) is 13.3. The minimum atomic E-state index is 0.510. The molecule has 2 heteroatoms. The van der Waals surface area contributed by atoms with Gasteiger partial charge in [0.1, 0.15) is 0 Å². The first-order valence-electron chi connectivity index (χ1n) is 9.18. The van der Waals surface area contributed by atoms with Crippen LogP contribution in [0.2, 0.25) is 0 Å². The van der Waals surface area contributed by atoms with Crippen molar-refractivity contribution in [3.8, 4) is 0 Å². The molecule has 118 valence electrons. The van der Waals surface area contributed by atoms with Crippen molar-refractivity contribution in [2.75, 3.05) is 13.2 Å². The Morgan fingerprint density at radius 3 is 1.10 bits per heavy atom. The summed E-state index contributed by atoms with van der Waals surface area (Å²) in [6.07, 6.45) is 20.0. The molecule has 0 aromatic heterocycles. The molecular weight excluding hydrogens is 248 g/mol. The van der Waals surface area contributed by atoms with Crippen LogP contribution in [-0.2, 0) is 9.47 Å². The summed E-state index contributed by atoms with van der Waals surface area (Å²) in [6.45, 7) is 1.61. The van der Waals surface area contributed by atoms with E-state index in [0.29, 0.717) is 12.2 Å². The van der Waals surface area contributed by atoms with Crippen LogP contribution in [0, 0.1) is 0 Å². The minimum Gasteiger partial charge on any atom is -0.376 e. The highest BCUT2D eigenvalue weighted by Gasteiger charge is 2.13. The molecule has 0 spiro atoms. The topological polar surface area (TPSA) is 18.5 Å². The van der Waals surface area contributed by atoms with E-state index in [1.807, 2.05) is 0 Å². The van der Waals surface area contributed by atoms with Crippen molar-refractivity contribution in [2.24, 2.45) is 0 Å². The summed E-state index contributed by atoms with van der Waals surface area (Å²) in [5, 5.41) is 0. The van der Waals surface area contributed by atoms with Crippen molar-refractivity contribution in [1.82, 2.24) is 0 Å². The van der Waals surface area contributed by atoms with E-state index < -0.39 is 0 Å². The predicted octanol–water partition coefficient (Wildman–Crippen LogP) is 5.25. The van der Waals surface area contributed by atoms with Gasteiger partial charge >= 0.3 is 0 Å². The van der Waals surface area contributed by atoms with Gasteiger partial charge in [0.15, 0.2) is 0 Å². The second-order valence-electron chi connectivity index (χ2n) is 6.68. The van der Waals surface area contributed by atoms with E-state index in [1.165, 1.54) is 89.9 Å². The summed E-state index contributed by atoms with van der Waals surface area (Å²) < 4.78 is 12.1. The van der Waals surface area contributed by atoms with Crippen molar-refractivity contribution in [2.45, 2.75) is 102 Å². The first-order valence-corrected chi connectivity index (χ1v) is 9.18. The molecule has 0 aromatic rings. The summed E-state index contributed by atoms with van der Waals surface area (Å²) in [4.78, 5) is 0. The highest BCUT2D eigenvalue weighted by Crippen LogP contribution is 2.21. The van der Waals surface area contributed by atoms with Gasteiger partial charge in [0.05, 0.1) is 25.4 Å². The maximum Gasteiger partial charge on any atom is 0.0704 e. The first kappa shape index (κ1) is 16.3. The van der Waals surface area contributed by atoms with Crippen LogP contribution in [0.15, 0.2) is 0 Å². The van der Waals surface area contributed by atoms with Crippen LogP contribution >= 0.6 is 0 Å². The molecule has 0 N–H and O–H groups in total. The Morgan fingerprint density at radius 2 is 0.750 bits per heavy atom. The van der Waals surface area contributed by atoms with E-state index in [0.717, 1.165) is 13.2 Å². The monoisotopic (exact) mass is 282 g/mol. The molecule has 0 aromatic carbocycles. The molecule has 2 aliphatic carbocycles. The van der Waals surface area contributed by atoms with E-state index in [4.69, 9.17) is 9.47 Å². The fraction of sp³-hybridized carbons (Fsp3) is 1.00. The lowest BCUT2D eigenvalue weighted by Crippen LogP contribution is -2.21. The van der Waals surface area contributed by atoms with Gasteiger partial charge in [0.2, 0.25) is 0 Å². The molecule has 0 heterocycles. The van der Waals surface area contributed by atoms with E-state index in [1.54, 1.807) is 0 Å². The zero-order chi connectivity index (χ0) is 13.9. The first-order chi connectivity index (χ1) is 9.95. The minimum absolute atomic E-state index is 0.510. The van der Waals surface area contributed by atoms with Crippen LogP contribution in [0.5, 0.6) is 0 Å². The third kappa shape index (κ3) is 7.08. The van der Waals surface area contributed by atoms with Crippen LogP contribution in [-0.4, -0.2) is 25.4 Å². The van der Waals surface area contributed by atoms with Gasteiger partial charge in [-0.25, -0.2) is 0 Å². The summed E-state index contributed by atoms with van der Waals surface area (Å²) in [5.41, 5.74) is 0. The molecule has 0 aliphatic heterocycles. The summed E-state index contributed by atoms with van der Waals surface area (Å²) >= 11 is 0. The Morgan fingerprint density at radius 1 is 0.450 bits per heavy atom. The fourth-order valence-electron chi connectivity index (χ4n) is 3.60. The molecule has 0 atom stereocenters. The molecule has 0 unspecified atom stereocenters. The Hall–Kier alpha value is -0.0800. The molecule has 2 nitrogen and oxygen atoms in total. The maximum atomic E-state index is 6.04. The third-order valence-electron chi connectivity index (χ3n) is 4.89. The number of ether oxygens (including phenoxy) is 2. The molecule has 2 aliphatic rings. The van der Waals surface area contributed by atoms with Crippen LogP contribution < -0.4 is 0 Å². The Bertz CT molecular complexity index is 189. The van der Waals surface area contributed by atoms with Gasteiger partial charge in [-0.3, -0.25) is 0 Å². The Balaban J connectivity index is 1.52. The molecular formula is C18H34O2. The van der Waals surface area contributed by atoms with E-state index in [2.05, 4.69) is 0 Å². The maximum absolute atomic E-state index is 6.04. The van der Waals surface area contributed by atoms with Crippen LogP contribution in [0.4, 0.5) is 0 Å². The standard InChI is InChI=1S/C18H34O2/c1-3-7-11-17(12-8-4-1)19-15-16-20-18-13-9-5-2-6-10-14-18/h17-18H,1-16H2. The smallest absolute Gasteiger partial charge is 0.0704 e. The van der Waals surface area contributed by atoms with Gasteiger partial charge in [-0.2, -0.15) is 0 Å². The van der Waals surface area contributed by atoms with Crippen molar-refractivity contribution in [3.63, 3.8) is 0 Å². The summed E-state index contributed by atoms with van der Waals surface area (Å²) in [5.74, 6) is 0. The zero-order valence-corrected chi connectivity index (χ0v) is 13.3. The fourth-order valence-corrected chi connectivity index (χ4v) is 3.60. The SMILES string of the molecule is C1CCCC(OCCOC2CCCCCCC2)CCC1. The molecule has 2 rings (SSSR count). The van der Waals surface area contributed by atoms with Gasteiger partial charge < -0.3 is 9.47 Å². The van der Waals surface area contributed by atoms with Crippen molar-refractivity contribution < 1.29 is 9.47 Å². The van der Waals surface area contributed by atoms with Gasteiger partial charge in [-0.1, -0.05) is 64.2 Å². The van der Waals surface area contributed by atoms with E-state index in [-0.39, 0.29) is 0 Å². The van der Waals surface area contributed by atoms with Crippen LogP contribution in [0.1, 0.15) is 89.9 Å². The molecule has 2 fully saturated rings. The summed E-state index contributed by atoms with van der Waals surface area (Å²) in [6, 6.07) is 0. The molecule has 2 saturated carbocycles. The van der Waals surface area contributed by atoms with Crippen LogP contribution in [0.3, 0.4) is 0 Å². The molecule has 20 heavy (non-hydrogen) atoms. The van der Waals surface area contributed by atoms with Crippen LogP contribution in [0.25, 0.3) is 0 Å². The normalized spacial score (nSPS) is 24.6. The van der Waals surface area contributed by atoms with Gasteiger partial charge in [0, 0.05) is 0 Å². The molecule has 0 radical (unpaired) electrons. The highest BCUT2D eigenvalue weighted by molar-refractivity contribution is 4.65. The number of hydrogen-bond donors (Lipinski definition) is 0. The lowest BCUT2D eigenvalue weighted by molar-refractivity contribution is -0.0346. The Labute approximate surface area is 125 Å². The van der Waals surface area contributed by atoms with E-state index in [9.17, 15) is 0 Å². The van der Waals surface area contributed by atoms with Gasteiger partial charge in [-0.05, 0) is 25.7 Å². The predicted molar refractivity (Wildman–Crippen MR) is 84.1 cm³/mol. The Kier molecular flexibility index (Phi) is 8.65. The lowest BCUT2D eigenvalue weighted by atomic mass is 9.98. The quantitative estimate of drug-likeness (QED) is 0.641. The second-order valence-corrected chi connectivity index (χ2v) is 6.68.